The van der Waals surface area contributed by atoms with Gasteiger partial charge < -0.3 is 19.7 Å². The number of ether oxygens (including phenoxy) is 2. The van der Waals surface area contributed by atoms with Crippen LogP contribution in [0.1, 0.15) is 28.4 Å². The van der Waals surface area contributed by atoms with Crippen LogP contribution in [0.25, 0.3) is 6.08 Å². The Kier molecular flexibility index (Phi) is 7.85. The lowest BCUT2D eigenvalue weighted by atomic mass is 10.1. The molecule has 2 aromatic rings. The molecule has 0 saturated carbocycles. The van der Waals surface area contributed by atoms with E-state index in [1.54, 1.807) is 45.2 Å². The Bertz CT molecular complexity index is 1230. The summed E-state index contributed by atoms with van der Waals surface area (Å²) >= 11 is 7.43. The van der Waals surface area contributed by atoms with Crippen LogP contribution in [0.3, 0.4) is 0 Å². The number of amides is 1. The molecule has 0 aliphatic carbocycles. The molecule has 1 aliphatic rings. The number of hydrogen-bond donors (Lipinski definition) is 2. The predicted octanol–water partition coefficient (Wildman–Crippen LogP) is 4.44. The molecule has 2 aromatic carbocycles. The van der Waals surface area contributed by atoms with Crippen molar-refractivity contribution in [3.8, 4) is 11.5 Å². The first-order valence-electron chi connectivity index (χ1n) is 10.0. The van der Waals surface area contributed by atoms with Crippen molar-refractivity contribution in [2.45, 2.75) is 13.8 Å². The van der Waals surface area contributed by atoms with E-state index in [4.69, 9.17) is 26.2 Å². The first-order valence-corrected chi connectivity index (χ1v) is 11.2. The van der Waals surface area contributed by atoms with Crippen molar-refractivity contribution in [2.24, 2.45) is 4.99 Å². The summed E-state index contributed by atoms with van der Waals surface area (Å²) in [6, 6.07) is 7.91. The van der Waals surface area contributed by atoms with Crippen molar-refractivity contribution in [1.82, 2.24) is 4.90 Å². The highest BCUT2D eigenvalue weighted by Crippen LogP contribution is 2.39. The van der Waals surface area contributed by atoms with Crippen LogP contribution in [-0.2, 0) is 9.59 Å². The molecular weight excluding hydrogens is 484 g/mol. The summed E-state index contributed by atoms with van der Waals surface area (Å²) in [5.74, 6) is -2.15. The van der Waals surface area contributed by atoms with Gasteiger partial charge in [-0.15, -0.1) is 0 Å². The summed E-state index contributed by atoms with van der Waals surface area (Å²) in [4.78, 5) is 41.3. The lowest BCUT2D eigenvalue weighted by molar-refractivity contribution is -0.139. The van der Waals surface area contributed by atoms with Crippen molar-refractivity contribution >= 4 is 58.1 Å². The van der Waals surface area contributed by atoms with E-state index < -0.39 is 18.5 Å². The van der Waals surface area contributed by atoms with E-state index >= 15 is 0 Å². The van der Waals surface area contributed by atoms with Gasteiger partial charge in [0.05, 0.1) is 27.8 Å². The predicted molar refractivity (Wildman–Crippen MR) is 129 cm³/mol. The van der Waals surface area contributed by atoms with Gasteiger partial charge in [0.1, 0.15) is 0 Å². The molecule has 0 radical (unpaired) electrons. The number of aromatic carboxylic acids is 1. The minimum atomic E-state index is -1.16. The van der Waals surface area contributed by atoms with E-state index in [1.165, 1.54) is 17.0 Å². The van der Waals surface area contributed by atoms with Crippen LogP contribution in [0.5, 0.6) is 11.5 Å². The maximum atomic E-state index is 12.8. The lowest BCUT2D eigenvalue weighted by Crippen LogP contribution is -2.23. The fourth-order valence-corrected chi connectivity index (χ4v) is 4.34. The van der Waals surface area contributed by atoms with E-state index in [0.717, 1.165) is 11.8 Å². The molecule has 0 atom stereocenters. The van der Waals surface area contributed by atoms with E-state index in [0.29, 0.717) is 33.5 Å². The van der Waals surface area contributed by atoms with Crippen LogP contribution < -0.4 is 9.47 Å². The third-order valence-corrected chi connectivity index (χ3v) is 6.07. The van der Waals surface area contributed by atoms with Gasteiger partial charge in [-0.25, -0.2) is 14.6 Å². The number of amidine groups is 1. The molecule has 1 fully saturated rings. The quantitative estimate of drug-likeness (QED) is 0.505. The van der Waals surface area contributed by atoms with Gasteiger partial charge in [0.2, 0.25) is 0 Å². The molecule has 9 nitrogen and oxygen atoms in total. The van der Waals surface area contributed by atoms with Gasteiger partial charge in [0.15, 0.2) is 23.3 Å². The number of halogens is 1. The molecule has 0 aromatic heterocycles. The zero-order valence-corrected chi connectivity index (χ0v) is 20.1. The van der Waals surface area contributed by atoms with Gasteiger partial charge in [-0.2, -0.15) is 0 Å². The number of carboxylic acid groups (broad SMARTS) is 2. The summed E-state index contributed by atoms with van der Waals surface area (Å²) in [6.07, 6.45) is 1.61. The molecule has 2 N–H and O–H groups in total. The summed E-state index contributed by atoms with van der Waals surface area (Å²) in [7, 11) is 1.58. The number of nitrogens with zero attached hydrogens (tertiary/aromatic N) is 2. The van der Waals surface area contributed by atoms with Crippen LogP contribution in [0.4, 0.5) is 5.69 Å². The standard InChI is InChI=1S/C23H21ClN2O7S/c1-4-32-17-9-13(8-15(24)20(17)33-11-19(27)28)10-18-21(29)26(3)23(34-18)25-16-7-5-6-14(12(16)2)22(30)31/h5-10H,4,11H2,1-3H3,(H,27,28)(H,30,31)/b18-10-,25-23?. The van der Waals surface area contributed by atoms with Gasteiger partial charge in [-0.05, 0) is 67.1 Å². The second-order valence-electron chi connectivity index (χ2n) is 7.07. The maximum Gasteiger partial charge on any atom is 0.341 e. The van der Waals surface area contributed by atoms with Crippen molar-refractivity contribution < 1.29 is 34.1 Å². The Morgan fingerprint density at radius 2 is 1.97 bits per heavy atom. The van der Waals surface area contributed by atoms with E-state index in [2.05, 4.69) is 4.99 Å². The number of thioether (sulfide) groups is 1. The highest BCUT2D eigenvalue weighted by Gasteiger charge is 2.31. The van der Waals surface area contributed by atoms with Crippen LogP contribution in [0, 0.1) is 6.92 Å². The summed E-state index contributed by atoms with van der Waals surface area (Å²) in [6.45, 7) is 3.13. The Balaban J connectivity index is 1.95. The maximum absolute atomic E-state index is 12.8. The molecule has 0 spiro atoms. The van der Waals surface area contributed by atoms with Crippen molar-refractivity contribution in [3.05, 3.63) is 56.9 Å². The second kappa shape index (κ2) is 10.6. The van der Waals surface area contributed by atoms with Crippen molar-refractivity contribution in [1.29, 1.82) is 0 Å². The number of hydrogen-bond acceptors (Lipinski definition) is 7. The average molecular weight is 505 g/mol. The molecule has 1 aliphatic heterocycles. The number of carbonyl (C=O) groups excluding carboxylic acids is 1. The summed E-state index contributed by atoms with van der Waals surface area (Å²) < 4.78 is 10.8. The molecular formula is C23H21ClN2O7S. The molecule has 1 heterocycles. The first-order chi connectivity index (χ1) is 16.1. The third kappa shape index (κ3) is 5.52. The smallest absolute Gasteiger partial charge is 0.341 e. The van der Waals surface area contributed by atoms with Gasteiger partial charge in [-0.1, -0.05) is 17.7 Å². The molecule has 34 heavy (non-hydrogen) atoms. The molecule has 11 heteroatoms. The fourth-order valence-electron chi connectivity index (χ4n) is 3.09. The summed E-state index contributed by atoms with van der Waals surface area (Å²) in [5.41, 5.74) is 1.62. The minimum Gasteiger partial charge on any atom is -0.490 e. The topological polar surface area (TPSA) is 126 Å². The number of benzene rings is 2. The Labute approximate surface area is 204 Å². The minimum absolute atomic E-state index is 0.103. The molecule has 0 unspecified atom stereocenters. The molecule has 3 rings (SSSR count). The highest BCUT2D eigenvalue weighted by molar-refractivity contribution is 8.18. The molecule has 0 bridgehead atoms. The van der Waals surface area contributed by atoms with Gasteiger partial charge in [-0.3, -0.25) is 9.69 Å². The Morgan fingerprint density at radius 1 is 1.24 bits per heavy atom. The zero-order chi connectivity index (χ0) is 25.0. The third-order valence-electron chi connectivity index (χ3n) is 4.72. The van der Waals surface area contributed by atoms with Gasteiger partial charge in [0, 0.05) is 7.05 Å². The van der Waals surface area contributed by atoms with Crippen LogP contribution in [0.15, 0.2) is 40.2 Å². The van der Waals surface area contributed by atoms with Crippen LogP contribution in [0.2, 0.25) is 5.02 Å². The Morgan fingerprint density at radius 3 is 2.62 bits per heavy atom. The highest BCUT2D eigenvalue weighted by atomic mass is 35.5. The van der Waals surface area contributed by atoms with Crippen LogP contribution in [-0.4, -0.2) is 58.4 Å². The number of aliphatic carboxylic acids is 1. The van der Waals surface area contributed by atoms with Gasteiger partial charge >= 0.3 is 11.9 Å². The van der Waals surface area contributed by atoms with E-state index in [1.807, 2.05) is 0 Å². The second-order valence-corrected chi connectivity index (χ2v) is 8.49. The fraction of sp³-hybridized carbons (Fsp3) is 0.217. The summed E-state index contributed by atoms with van der Waals surface area (Å²) in [5, 5.41) is 18.7. The van der Waals surface area contributed by atoms with E-state index in [-0.39, 0.29) is 28.0 Å². The lowest BCUT2D eigenvalue weighted by Gasteiger charge is -2.13. The first kappa shape index (κ1) is 25.1. The monoisotopic (exact) mass is 504 g/mol. The molecule has 1 saturated heterocycles. The van der Waals surface area contributed by atoms with Crippen molar-refractivity contribution in [3.63, 3.8) is 0 Å². The average Bonchev–Trinajstić information content (AvgIpc) is 3.02. The van der Waals surface area contributed by atoms with Crippen LogP contribution >= 0.6 is 23.4 Å². The number of carbonyl (C=O) groups is 3. The van der Waals surface area contributed by atoms with E-state index in [9.17, 15) is 19.5 Å². The number of rotatable bonds is 8. The number of likely N-dealkylation sites (N-methyl/N-ethyl adjacent to an activating group) is 1. The number of aliphatic imine (C=N–C) groups is 1. The van der Waals surface area contributed by atoms with Gasteiger partial charge in [0.25, 0.3) is 5.91 Å². The van der Waals surface area contributed by atoms with Crippen molar-refractivity contribution in [2.75, 3.05) is 20.3 Å². The normalized spacial score (nSPS) is 15.8. The largest absolute Gasteiger partial charge is 0.490 e. The zero-order valence-electron chi connectivity index (χ0n) is 18.5. The Hall–Kier alpha value is -3.50. The number of carboxylic acids is 2. The SMILES string of the molecule is CCOc1cc(/C=C2\SC(=Nc3cccc(C(=O)O)c3C)N(C)C2=O)cc(Cl)c1OCC(=O)O. The molecule has 1 amide bonds. The molecule has 178 valence electrons.